The molecule has 28 heavy (non-hydrogen) atoms. The van der Waals surface area contributed by atoms with E-state index >= 15 is 0 Å². The maximum absolute atomic E-state index is 11.4. The van der Waals surface area contributed by atoms with Crippen LogP contribution in [0.2, 0.25) is 0 Å². The molecule has 1 aliphatic rings. The van der Waals surface area contributed by atoms with Gasteiger partial charge in [-0.05, 0) is 35.1 Å². The summed E-state index contributed by atoms with van der Waals surface area (Å²) >= 11 is 0. The third kappa shape index (κ3) is 3.74. The summed E-state index contributed by atoms with van der Waals surface area (Å²) in [5.74, 6) is 0. The van der Waals surface area contributed by atoms with Crippen LogP contribution in [0.25, 0.3) is 0 Å². The van der Waals surface area contributed by atoms with E-state index in [1.165, 1.54) is 11.1 Å². The number of nitrogens with zero attached hydrogens (tertiary/aromatic N) is 1. The summed E-state index contributed by atoms with van der Waals surface area (Å²) in [5.41, 5.74) is 9.74. The van der Waals surface area contributed by atoms with E-state index in [0.29, 0.717) is 19.4 Å². The van der Waals surface area contributed by atoms with Crippen LogP contribution in [0.4, 0.5) is 0 Å². The second-order valence-electron chi connectivity index (χ2n) is 7.65. The predicted molar refractivity (Wildman–Crippen MR) is 114 cm³/mol. The minimum Gasteiger partial charge on any atom is -0.385 e. The molecule has 0 bridgehead atoms. The Morgan fingerprint density at radius 2 is 1.29 bits per heavy atom. The molecule has 0 aromatic heterocycles. The standard InChI is InChI=1S/C25H28N2O/c26-19-22-13-7-8-14-23(22)25(28)15-17-27(18-16-25)24(20-9-3-1-4-10-20)21-11-5-2-6-12-21/h1-14,24,28H,15-19,26H2. The Morgan fingerprint density at radius 3 is 1.82 bits per heavy atom. The number of likely N-dealkylation sites (tertiary alicyclic amines) is 1. The number of benzene rings is 3. The molecular formula is C25H28N2O. The molecule has 0 aliphatic carbocycles. The van der Waals surface area contributed by atoms with Crippen LogP contribution in [0.1, 0.15) is 41.1 Å². The van der Waals surface area contributed by atoms with Crippen molar-refractivity contribution >= 4 is 0 Å². The predicted octanol–water partition coefficient (Wildman–Crippen LogP) is 4.22. The summed E-state index contributed by atoms with van der Waals surface area (Å²) in [4.78, 5) is 2.49. The topological polar surface area (TPSA) is 49.5 Å². The summed E-state index contributed by atoms with van der Waals surface area (Å²) in [6, 6.07) is 29.6. The summed E-state index contributed by atoms with van der Waals surface area (Å²) < 4.78 is 0. The fraction of sp³-hybridized carbons (Fsp3) is 0.280. The number of nitrogens with two attached hydrogens (primary N) is 1. The Labute approximate surface area is 167 Å². The van der Waals surface area contributed by atoms with Crippen molar-refractivity contribution in [2.75, 3.05) is 13.1 Å². The summed E-state index contributed by atoms with van der Waals surface area (Å²) in [7, 11) is 0. The molecule has 0 amide bonds. The normalized spacial score (nSPS) is 17.0. The molecule has 0 atom stereocenters. The van der Waals surface area contributed by atoms with E-state index in [9.17, 15) is 5.11 Å². The molecule has 1 saturated heterocycles. The van der Waals surface area contributed by atoms with Crippen LogP contribution >= 0.6 is 0 Å². The molecule has 4 rings (SSSR count). The molecule has 1 aliphatic heterocycles. The molecule has 0 saturated carbocycles. The van der Waals surface area contributed by atoms with Crippen molar-refractivity contribution in [1.82, 2.24) is 4.90 Å². The van der Waals surface area contributed by atoms with Gasteiger partial charge in [0.05, 0.1) is 11.6 Å². The Bertz CT molecular complexity index is 847. The summed E-state index contributed by atoms with van der Waals surface area (Å²) in [6.07, 6.45) is 1.42. The Hall–Kier alpha value is -2.46. The van der Waals surface area contributed by atoms with Crippen molar-refractivity contribution in [1.29, 1.82) is 0 Å². The van der Waals surface area contributed by atoms with Gasteiger partial charge < -0.3 is 10.8 Å². The van der Waals surface area contributed by atoms with Crippen molar-refractivity contribution in [3.05, 3.63) is 107 Å². The zero-order valence-electron chi connectivity index (χ0n) is 16.2. The SMILES string of the molecule is NCc1ccccc1C1(O)CCN(C(c2ccccc2)c2ccccc2)CC1. The monoisotopic (exact) mass is 372 g/mol. The first-order valence-corrected chi connectivity index (χ1v) is 10.1. The van der Waals surface area contributed by atoms with Crippen molar-refractivity contribution in [2.24, 2.45) is 5.73 Å². The van der Waals surface area contributed by atoms with Crippen LogP contribution in [0.3, 0.4) is 0 Å². The number of hydrogen-bond donors (Lipinski definition) is 2. The lowest BCUT2D eigenvalue weighted by atomic mass is 9.81. The van der Waals surface area contributed by atoms with Gasteiger partial charge >= 0.3 is 0 Å². The molecule has 3 aromatic carbocycles. The number of piperidine rings is 1. The molecule has 3 heteroatoms. The second-order valence-corrected chi connectivity index (χ2v) is 7.65. The van der Waals surface area contributed by atoms with Gasteiger partial charge in [0.1, 0.15) is 0 Å². The zero-order valence-corrected chi connectivity index (χ0v) is 16.2. The van der Waals surface area contributed by atoms with E-state index in [2.05, 4.69) is 65.6 Å². The van der Waals surface area contributed by atoms with Gasteiger partial charge in [-0.1, -0.05) is 84.9 Å². The number of hydrogen-bond acceptors (Lipinski definition) is 3. The molecule has 144 valence electrons. The Kier molecular flexibility index (Phi) is 5.58. The molecule has 0 radical (unpaired) electrons. The highest BCUT2D eigenvalue weighted by Gasteiger charge is 2.37. The Balaban J connectivity index is 1.60. The maximum atomic E-state index is 11.4. The molecule has 3 nitrogen and oxygen atoms in total. The highest BCUT2D eigenvalue weighted by molar-refractivity contribution is 5.35. The van der Waals surface area contributed by atoms with E-state index in [0.717, 1.165) is 24.2 Å². The first-order chi connectivity index (χ1) is 13.7. The van der Waals surface area contributed by atoms with Crippen molar-refractivity contribution in [3.63, 3.8) is 0 Å². The van der Waals surface area contributed by atoms with Crippen molar-refractivity contribution in [2.45, 2.75) is 31.0 Å². The van der Waals surface area contributed by atoms with Crippen LogP contribution < -0.4 is 5.73 Å². The average molecular weight is 373 g/mol. The summed E-state index contributed by atoms with van der Waals surface area (Å²) in [5, 5.41) is 11.4. The Morgan fingerprint density at radius 1 is 0.786 bits per heavy atom. The zero-order chi connectivity index (χ0) is 19.4. The van der Waals surface area contributed by atoms with Crippen LogP contribution in [0.5, 0.6) is 0 Å². The number of aliphatic hydroxyl groups is 1. The lowest BCUT2D eigenvalue weighted by Crippen LogP contribution is -2.44. The van der Waals surface area contributed by atoms with Gasteiger partial charge in [0, 0.05) is 19.6 Å². The smallest absolute Gasteiger partial charge is 0.0924 e. The van der Waals surface area contributed by atoms with Crippen LogP contribution in [-0.2, 0) is 12.1 Å². The molecule has 3 aromatic rings. The quantitative estimate of drug-likeness (QED) is 0.705. The summed E-state index contributed by atoms with van der Waals surface area (Å²) in [6.45, 7) is 2.13. The molecule has 0 unspecified atom stereocenters. The third-order valence-corrected chi connectivity index (χ3v) is 5.96. The van der Waals surface area contributed by atoms with Crippen LogP contribution in [0, 0.1) is 0 Å². The third-order valence-electron chi connectivity index (χ3n) is 5.96. The van der Waals surface area contributed by atoms with Gasteiger partial charge in [0.15, 0.2) is 0 Å². The second kappa shape index (κ2) is 8.27. The molecule has 1 heterocycles. The largest absolute Gasteiger partial charge is 0.385 e. The lowest BCUT2D eigenvalue weighted by Gasteiger charge is -2.43. The highest BCUT2D eigenvalue weighted by Crippen LogP contribution is 2.39. The minimum atomic E-state index is -0.801. The van der Waals surface area contributed by atoms with Crippen molar-refractivity contribution < 1.29 is 5.11 Å². The van der Waals surface area contributed by atoms with Gasteiger partial charge in [-0.25, -0.2) is 0 Å². The van der Waals surface area contributed by atoms with Gasteiger partial charge in [-0.2, -0.15) is 0 Å². The van der Waals surface area contributed by atoms with Gasteiger partial charge in [0.25, 0.3) is 0 Å². The van der Waals surface area contributed by atoms with Crippen LogP contribution in [0.15, 0.2) is 84.9 Å². The van der Waals surface area contributed by atoms with E-state index in [-0.39, 0.29) is 6.04 Å². The van der Waals surface area contributed by atoms with Crippen LogP contribution in [-0.4, -0.2) is 23.1 Å². The molecular weight excluding hydrogens is 344 g/mol. The molecule has 3 N–H and O–H groups in total. The van der Waals surface area contributed by atoms with Gasteiger partial charge in [0.2, 0.25) is 0 Å². The van der Waals surface area contributed by atoms with Crippen molar-refractivity contribution in [3.8, 4) is 0 Å². The molecule has 1 fully saturated rings. The fourth-order valence-corrected chi connectivity index (χ4v) is 4.46. The highest BCUT2D eigenvalue weighted by atomic mass is 16.3. The van der Waals surface area contributed by atoms with Gasteiger partial charge in [-0.15, -0.1) is 0 Å². The van der Waals surface area contributed by atoms with E-state index < -0.39 is 5.60 Å². The lowest BCUT2D eigenvalue weighted by molar-refractivity contribution is -0.0330. The van der Waals surface area contributed by atoms with E-state index in [4.69, 9.17) is 5.73 Å². The van der Waals surface area contributed by atoms with Gasteiger partial charge in [-0.3, -0.25) is 4.90 Å². The minimum absolute atomic E-state index is 0.205. The van der Waals surface area contributed by atoms with E-state index in [1.807, 2.05) is 24.3 Å². The first-order valence-electron chi connectivity index (χ1n) is 10.1. The molecule has 0 spiro atoms. The maximum Gasteiger partial charge on any atom is 0.0924 e. The van der Waals surface area contributed by atoms with E-state index in [1.54, 1.807) is 0 Å². The first kappa shape index (κ1) is 18.9. The number of rotatable bonds is 5. The average Bonchev–Trinajstić information content (AvgIpc) is 2.77. The fourth-order valence-electron chi connectivity index (χ4n) is 4.46.